The first-order valence-corrected chi connectivity index (χ1v) is 11.5. The van der Waals surface area contributed by atoms with Crippen LogP contribution in [0, 0.1) is 45.3 Å². The molecule has 0 N–H and O–H groups in total. The summed E-state index contributed by atoms with van der Waals surface area (Å²) >= 11 is 0. The number of methoxy groups -OCH3 is 1. The first-order chi connectivity index (χ1) is 12.9. The zero-order valence-electron chi connectivity index (χ0n) is 19.3. The second kappa shape index (κ2) is 7.13. The van der Waals surface area contributed by atoms with Crippen molar-refractivity contribution >= 4 is 12.3 Å². The molecule has 0 radical (unpaired) electrons. The monoisotopic (exact) mass is 390 g/mol. The second-order valence-corrected chi connectivity index (χ2v) is 11.9. The van der Waals surface area contributed by atoms with Crippen molar-refractivity contribution in [2.45, 2.75) is 92.9 Å². The van der Waals surface area contributed by atoms with Gasteiger partial charge in [0.25, 0.3) is 0 Å². The average molecular weight is 391 g/mol. The summed E-state index contributed by atoms with van der Waals surface area (Å²) in [5.74, 6) is 1.36. The maximum atomic E-state index is 12.3. The van der Waals surface area contributed by atoms with Gasteiger partial charge in [-0.25, -0.2) is 0 Å². The van der Waals surface area contributed by atoms with Crippen LogP contribution in [0.5, 0.6) is 0 Å². The molecule has 160 valence electrons. The van der Waals surface area contributed by atoms with Crippen LogP contribution in [0.3, 0.4) is 0 Å². The summed E-state index contributed by atoms with van der Waals surface area (Å²) < 4.78 is 5.03. The SMILES string of the molecule is COC(=O)C(C)CC1C(C)(C=O)CCC2C3(C)CCCC(C)(C)C3CCC12C. The molecular weight excluding hydrogens is 348 g/mol. The lowest BCUT2D eigenvalue weighted by Crippen LogP contribution is -2.61. The van der Waals surface area contributed by atoms with E-state index in [9.17, 15) is 9.59 Å². The number of ether oxygens (including phenoxy) is 1. The van der Waals surface area contributed by atoms with Gasteiger partial charge in [-0.15, -0.1) is 0 Å². The number of carbonyl (C=O) groups is 2. The molecule has 7 unspecified atom stereocenters. The number of aldehydes is 1. The summed E-state index contributed by atoms with van der Waals surface area (Å²) in [5, 5.41) is 0. The van der Waals surface area contributed by atoms with Gasteiger partial charge < -0.3 is 9.53 Å². The van der Waals surface area contributed by atoms with Crippen molar-refractivity contribution in [3.8, 4) is 0 Å². The topological polar surface area (TPSA) is 43.4 Å². The summed E-state index contributed by atoms with van der Waals surface area (Å²) in [6.45, 7) is 14.1. The number of carbonyl (C=O) groups excluding carboxylic acids is 2. The molecule has 0 aliphatic heterocycles. The van der Waals surface area contributed by atoms with E-state index in [2.05, 4.69) is 34.6 Å². The van der Waals surface area contributed by atoms with E-state index in [1.54, 1.807) is 0 Å². The van der Waals surface area contributed by atoms with Gasteiger partial charge in [-0.3, -0.25) is 4.79 Å². The fraction of sp³-hybridized carbons (Fsp3) is 0.920. The van der Waals surface area contributed by atoms with Gasteiger partial charge in [-0.2, -0.15) is 0 Å². The van der Waals surface area contributed by atoms with Gasteiger partial charge in [0.15, 0.2) is 0 Å². The Kier molecular flexibility index (Phi) is 5.56. The zero-order chi connectivity index (χ0) is 21.0. The molecule has 3 heteroatoms. The van der Waals surface area contributed by atoms with Crippen molar-refractivity contribution in [3.05, 3.63) is 0 Å². The molecule has 3 aliphatic rings. The predicted molar refractivity (Wildman–Crippen MR) is 113 cm³/mol. The quantitative estimate of drug-likeness (QED) is 0.433. The molecule has 3 aliphatic carbocycles. The Bertz CT molecular complexity index is 625. The van der Waals surface area contributed by atoms with E-state index < -0.39 is 0 Å². The molecule has 0 amide bonds. The van der Waals surface area contributed by atoms with Crippen LogP contribution in [0.4, 0.5) is 0 Å². The van der Waals surface area contributed by atoms with E-state index in [4.69, 9.17) is 4.74 Å². The zero-order valence-corrected chi connectivity index (χ0v) is 19.3. The smallest absolute Gasteiger partial charge is 0.308 e. The minimum Gasteiger partial charge on any atom is -0.469 e. The Hall–Kier alpha value is -0.860. The van der Waals surface area contributed by atoms with Crippen molar-refractivity contribution in [2.75, 3.05) is 7.11 Å². The maximum absolute atomic E-state index is 12.3. The summed E-state index contributed by atoms with van der Waals surface area (Å²) in [4.78, 5) is 24.5. The van der Waals surface area contributed by atoms with Crippen LogP contribution < -0.4 is 0 Å². The Morgan fingerprint density at radius 1 is 1.00 bits per heavy atom. The van der Waals surface area contributed by atoms with Crippen LogP contribution in [-0.4, -0.2) is 19.4 Å². The van der Waals surface area contributed by atoms with Crippen molar-refractivity contribution < 1.29 is 14.3 Å². The van der Waals surface area contributed by atoms with E-state index in [1.165, 1.54) is 45.5 Å². The summed E-state index contributed by atoms with van der Waals surface area (Å²) in [5.41, 5.74) is 0.552. The minimum absolute atomic E-state index is 0.120. The molecular formula is C25H42O3. The summed E-state index contributed by atoms with van der Waals surface area (Å²) in [7, 11) is 1.47. The third-order valence-corrected chi connectivity index (χ3v) is 9.87. The van der Waals surface area contributed by atoms with Crippen LogP contribution in [0.1, 0.15) is 92.9 Å². The maximum Gasteiger partial charge on any atom is 0.308 e. The Labute approximate surface area is 172 Å². The lowest BCUT2D eigenvalue weighted by molar-refractivity contribution is -0.193. The van der Waals surface area contributed by atoms with Crippen LogP contribution >= 0.6 is 0 Å². The van der Waals surface area contributed by atoms with Gasteiger partial charge in [0.2, 0.25) is 0 Å². The van der Waals surface area contributed by atoms with E-state index >= 15 is 0 Å². The standard InChI is InChI=1S/C25H42O3/c1-17(21(27)28-7)15-20-23(4,16-26)13-9-19-24(5)12-8-11-22(2,3)18(24)10-14-25(19,20)6/h16-20H,8-15H2,1-7H3. The van der Waals surface area contributed by atoms with Gasteiger partial charge in [0, 0.05) is 5.41 Å². The van der Waals surface area contributed by atoms with Gasteiger partial charge in [-0.05, 0) is 78.9 Å². The minimum atomic E-state index is -0.332. The van der Waals surface area contributed by atoms with E-state index in [1.807, 2.05) is 6.92 Å². The normalized spacial score (nSPS) is 46.0. The fourth-order valence-electron chi connectivity index (χ4n) is 8.48. The van der Waals surface area contributed by atoms with Crippen LogP contribution in [-0.2, 0) is 14.3 Å². The molecule has 3 fully saturated rings. The van der Waals surface area contributed by atoms with Crippen LogP contribution in [0.25, 0.3) is 0 Å². The third-order valence-electron chi connectivity index (χ3n) is 9.87. The van der Waals surface area contributed by atoms with Gasteiger partial charge in [0.1, 0.15) is 6.29 Å². The molecule has 28 heavy (non-hydrogen) atoms. The van der Waals surface area contributed by atoms with Crippen molar-refractivity contribution in [1.82, 2.24) is 0 Å². The second-order valence-electron chi connectivity index (χ2n) is 11.9. The Balaban J connectivity index is 2.00. The van der Waals surface area contributed by atoms with Gasteiger partial charge >= 0.3 is 5.97 Å². The van der Waals surface area contributed by atoms with Crippen molar-refractivity contribution in [3.63, 3.8) is 0 Å². The van der Waals surface area contributed by atoms with E-state index in [0.29, 0.717) is 16.7 Å². The first-order valence-electron chi connectivity index (χ1n) is 11.5. The molecule has 0 heterocycles. The molecule has 0 aromatic heterocycles. The highest BCUT2D eigenvalue weighted by Crippen LogP contribution is 2.71. The molecule has 0 aromatic rings. The van der Waals surface area contributed by atoms with Gasteiger partial charge in [0.05, 0.1) is 13.0 Å². The highest BCUT2D eigenvalue weighted by Gasteiger charge is 2.64. The molecule has 3 nitrogen and oxygen atoms in total. The van der Waals surface area contributed by atoms with Crippen molar-refractivity contribution in [2.24, 2.45) is 45.3 Å². The number of rotatable bonds is 4. The molecule has 0 spiro atoms. The fourth-order valence-corrected chi connectivity index (χ4v) is 8.48. The first kappa shape index (κ1) is 21.8. The lowest BCUT2D eigenvalue weighted by atomic mass is 9.37. The molecule has 0 saturated heterocycles. The van der Waals surface area contributed by atoms with Crippen molar-refractivity contribution in [1.29, 1.82) is 0 Å². The number of hydrogen-bond acceptors (Lipinski definition) is 3. The van der Waals surface area contributed by atoms with Gasteiger partial charge in [-0.1, -0.05) is 48.0 Å². The van der Waals surface area contributed by atoms with E-state index in [0.717, 1.165) is 25.2 Å². The lowest BCUT2D eigenvalue weighted by Gasteiger charge is -2.68. The number of hydrogen-bond donors (Lipinski definition) is 0. The largest absolute Gasteiger partial charge is 0.469 e. The average Bonchev–Trinajstić information content (AvgIpc) is 2.62. The predicted octanol–water partition coefficient (Wildman–Crippen LogP) is 6.05. The molecule has 7 atom stereocenters. The number of fused-ring (bicyclic) bond motifs is 3. The number of esters is 1. The van der Waals surface area contributed by atoms with E-state index in [-0.39, 0.29) is 28.6 Å². The molecule has 3 saturated carbocycles. The Morgan fingerprint density at radius 3 is 2.25 bits per heavy atom. The highest BCUT2D eigenvalue weighted by molar-refractivity contribution is 5.72. The van der Waals surface area contributed by atoms with Crippen LogP contribution in [0.2, 0.25) is 0 Å². The molecule has 0 bridgehead atoms. The summed E-state index contributed by atoms with van der Waals surface area (Å²) in [6, 6.07) is 0. The van der Waals surface area contributed by atoms with Crippen LogP contribution in [0.15, 0.2) is 0 Å². The highest BCUT2D eigenvalue weighted by atomic mass is 16.5. The molecule has 3 rings (SSSR count). The molecule has 0 aromatic carbocycles. The third kappa shape index (κ3) is 3.16. The summed E-state index contributed by atoms with van der Waals surface area (Å²) in [6.07, 6.45) is 10.5. The Morgan fingerprint density at radius 2 is 1.64 bits per heavy atom.